The number of allylic oxidation sites excluding steroid dienone is 2. The predicted octanol–water partition coefficient (Wildman–Crippen LogP) is 11.3. The molecule has 3 nitrogen and oxygen atoms in total. The SMILES string of the molecule is Cc1cccnc1-c1cc(N2c3ccccc3C3C=CC=CC32)cc2c1sc1ccc(-n3c4ccccc4c4ccccc43)cc12. The Morgan fingerprint density at radius 1 is 0.652 bits per heavy atom. The fraction of sp³-hybridized carbons (Fsp3) is 0.0714. The maximum Gasteiger partial charge on any atom is 0.0746 e. The Morgan fingerprint density at radius 3 is 2.22 bits per heavy atom. The first-order valence-corrected chi connectivity index (χ1v) is 16.7. The Morgan fingerprint density at radius 2 is 1.39 bits per heavy atom. The van der Waals surface area contributed by atoms with Crippen LogP contribution >= 0.6 is 11.3 Å². The van der Waals surface area contributed by atoms with Crippen molar-refractivity contribution in [3.05, 3.63) is 157 Å². The number of rotatable bonds is 3. The van der Waals surface area contributed by atoms with E-state index in [2.05, 4.69) is 150 Å². The van der Waals surface area contributed by atoms with Crippen molar-refractivity contribution in [2.45, 2.75) is 18.9 Å². The molecule has 218 valence electrons. The molecule has 10 rings (SSSR count). The van der Waals surface area contributed by atoms with Crippen LogP contribution in [0.1, 0.15) is 17.0 Å². The molecular weight excluding hydrogens is 579 g/mol. The molecule has 2 aliphatic rings. The van der Waals surface area contributed by atoms with Gasteiger partial charge in [-0.3, -0.25) is 4.98 Å². The van der Waals surface area contributed by atoms with Crippen molar-refractivity contribution in [1.82, 2.24) is 9.55 Å². The first kappa shape index (κ1) is 25.8. The zero-order valence-corrected chi connectivity index (χ0v) is 26.1. The number of hydrogen-bond acceptors (Lipinski definition) is 3. The van der Waals surface area contributed by atoms with Crippen LogP contribution in [-0.4, -0.2) is 15.6 Å². The van der Waals surface area contributed by atoms with E-state index in [0.717, 1.165) is 5.69 Å². The quantitative estimate of drug-likeness (QED) is 0.199. The molecule has 0 saturated heterocycles. The molecule has 0 N–H and O–H groups in total. The predicted molar refractivity (Wildman–Crippen MR) is 195 cm³/mol. The molecule has 5 aromatic carbocycles. The molecule has 0 bridgehead atoms. The lowest BCUT2D eigenvalue weighted by molar-refractivity contribution is 0.745. The van der Waals surface area contributed by atoms with Crippen molar-refractivity contribution < 1.29 is 0 Å². The molecule has 0 radical (unpaired) electrons. The molecule has 3 aromatic heterocycles. The molecule has 0 fully saturated rings. The lowest BCUT2D eigenvalue weighted by Gasteiger charge is -2.29. The number of anilines is 2. The van der Waals surface area contributed by atoms with E-state index < -0.39 is 0 Å². The summed E-state index contributed by atoms with van der Waals surface area (Å²) >= 11 is 1.87. The molecule has 1 aliphatic carbocycles. The van der Waals surface area contributed by atoms with Crippen LogP contribution in [0.15, 0.2) is 146 Å². The van der Waals surface area contributed by atoms with E-state index in [-0.39, 0.29) is 6.04 Å². The van der Waals surface area contributed by atoms with Gasteiger partial charge in [-0.2, -0.15) is 0 Å². The van der Waals surface area contributed by atoms with Crippen molar-refractivity contribution >= 4 is 64.7 Å². The van der Waals surface area contributed by atoms with E-state index in [0.29, 0.717) is 5.92 Å². The molecule has 4 heterocycles. The van der Waals surface area contributed by atoms with Crippen molar-refractivity contribution in [3.8, 4) is 16.9 Å². The molecule has 8 aromatic rings. The summed E-state index contributed by atoms with van der Waals surface area (Å²) in [6.07, 6.45) is 11.0. The number of para-hydroxylation sites is 3. The summed E-state index contributed by atoms with van der Waals surface area (Å²) in [5.74, 6) is 0.332. The molecule has 2 atom stereocenters. The van der Waals surface area contributed by atoms with Gasteiger partial charge in [-0.05, 0) is 72.6 Å². The van der Waals surface area contributed by atoms with Crippen LogP contribution < -0.4 is 4.90 Å². The number of nitrogens with zero attached hydrogens (tertiary/aromatic N) is 3. The molecule has 0 saturated carbocycles. The minimum absolute atomic E-state index is 0.232. The second-order valence-corrected chi connectivity index (χ2v) is 13.5. The highest BCUT2D eigenvalue weighted by atomic mass is 32.1. The summed E-state index contributed by atoms with van der Waals surface area (Å²) in [6.45, 7) is 2.17. The van der Waals surface area contributed by atoms with Gasteiger partial charge in [0.2, 0.25) is 0 Å². The van der Waals surface area contributed by atoms with Crippen LogP contribution in [0.25, 0.3) is 58.9 Å². The van der Waals surface area contributed by atoms with Gasteiger partial charge in [-0.25, -0.2) is 0 Å². The van der Waals surface area contributed by atoms with Crippen LogP contribution in [0.4, 0.5) is 11.4 Å². The van der Waals surface area contributed by atoms with Gasteiger partial charge in [0.15, 0.2) is 0 Å². The highest BCUT2D eigenvalue weighted by molar-refractivity contribution is 7.26. The van der Waals surface area contributed by atoms with Crippen molar-refractivity contribution in [3.63, 3.8) is 0 Å². The number of aromatic nitrogens is 2. The average Bonchev–Trinajstić information content (AvgIpc) is 3.76. The van der Waals surface area contributed by atoms with Gasteiger partial charge in [0.1, 0.15) is 0 Å². The van der Waals surface area contributed by atoms with E-state index >= 15 is 0 Å². The molecule has 2 unspecified atom stereocenters. The first-order valence-electron chi connectivity index (χ1n) is 15.9. The van der Waals surface area contributed by atoms with Gasteiger partial charge in [0.25, 0.3) is 0 Å². The van der Waals surface area contributed by atoms with E-state index in [1.807, 2.05) is 23.6 Å². The van der Waals surface area contributed by atoms with Crippen LogP contribution in [-0.2, 0) is 0 Å². The van der Waals surface area contributed by atoms with E-state index in [4.69, 9.17) is 4.98 Å². The number of aryl methyl sites for hydroxylation is 1. The topological polar surface area (TPSA) is 21.1 Å². The van der Waals surface area contributed by atoms with Crippen LogP contribution in [0.5, 0.6) is 0 Å². The Hall–Kier alpha value is -5.45. The van der Waals surface area contributed by atoms with E-state index in [1.165, 1.54) is 75.7 Å². The molecule has 1 aliphatic heterocycles. The second kappa shape index (κ2) is 9.77. The number of thiophene rings is 1. The maximum absolute atomic E-state index is 4.95. The molecule has 0 spiro atoms. The highest BCUT2D eigenvalue weighted by Gasteiger charge is 2.37. The number of fused-ring (bicyclic) bond motifs is 9. The van der Waals surface area contributed by atoms with Crippen LogP contribution in [0.2, 0.25) is 0 Å². The first-order chi connectivity index (χ1) is 22.7. The second-order valence-electron chi connectivity index (χ2n) is 12.4. The zero-order chi connectivity index (χ0) is 30.4. The van der Waals surface area contributed by atoms with E-state index in [1.54, 1.807) is 0 Å². The minimum Gasteiger partial charge on any atom is -0.333 e. The smallest absolute Gasteiger partial charge is 0.0746 e. The molecule has 4 heteroatoms. The third-order valence-corrected chi connectivity index (χ3v) is 11.1. The number of benzene rings is 5. The molecule has 0 amide bonds. The van der Waals surface area contributed by atoms with Crippen molar-refractivity contribution in [2.75, 3.05) is 4.90 Å². The Bertz CT molecular complexity index is 2530. The zero-order valence-electron chi connectivity index (χ0n) is 25.3. The van der Waals surface area contributed by atoms with Gasteiger partial charge in [-0.15, -0.1) is 11.3 Å². The largest absolute Gasteiger partial charge is 0.333 e. The Labute approximate surface area is 271 Å². The van der Waals surface area contributed by atoms with Crippen molar-refractivity contribution in [1.29, 1.82) is 0 Å². The normalized spacial score (nSPS) is 17.0. The summed E-state index contributed by atoms with van der Waals surface area (Å²) < 4.78 is 4.98. The average molecular weight is 608 g/mol. The number of pyridine rings is 1. The lowest BCUT2D eigenvalue weighted by Crippen LogP contribution is -2.28. The highest BCUT2D eigenvalue weighted by Crippen LogP contribution is 2.51. The van der Waals surface area contributed by atoms with E-state index in [9.17, 15) is 0 Å². The Kier molecular flexibility index (Phi) is 5.49. The van der Waals surface area contributed by atoms with Gasteiger partial charge >= 0.3 is 0 Å². The van der Waals surface area contributed by atoms with Gasteiger partial charge in [0.05, 0.1) is 22.8 Å². The fourth-order valence-corrected chi connectivity index (χ4v) is 9.04. The molecular formula is C42H29N3S. The monoisotopic (exact) mass is 607 g/mol. The van der Waals surface area contributed by atoms with Crippen LogP contribution in [0, 0.1) is 6.92 Å². The van der Waals surface area contributed by atoms with Gasteiger partial charge in [-0.1, -0.05) is 85.0 Å². The maximum atomic E-state index is 4.95. The summed E-state index contributed by atoms with van der Waals surface area (Å²) in [5, 5.41) is 5.11. The van der Waals surface area contributed by atoms with Crippen molar-refractivity contribution in [2.24, 2.45) is 0 Å². The summed E-state index contributed by atoms with van der Waals surface area (Å²) in [5.41, 5.74) is 10.9. The summed E-state index contributed by atoms with van der Waals surface area (Å²) in [7, 11) is 0. The number of hydrogen-bond donors (Lipinski definition) is 0. The summed E-state index contributed by atoms with van der Waals surface area (Å²) in [4.78, 5) is 7.49. The third kappa shape index (κ3) is 3.62. The van der Waals surface area contributed by atoms with Gasteiger partial charge in [0, 0.05) is 65.7 Å². The Balaban J connectivity index is 1.27. The lowest BCUT2D eigenvalue weighted by atomic mass is 9.91. The fourth-order valence-electron chi connectivity index (χ4n) is 7.86. The third-order valence-electron chi connectivity index (χ3n) is 9.88. The summed E-state index contributed by atoms with van der Waals surface area (Å²) in [6, 6.07) is 42.6. The molecule has 46 heavy (non-hydrogen) atoms. The van der Waals surface area contributed by atoms with Gasteiger partial charge < -0.3 is 9.47 Å². The standard InChI is InChI=1S/C42H29N3S/c1-26-11-10-22-43-41(26)35-25-28(45-38-18-8-4-14-31(38)32-15-5-9-19-39(32)45)24-34-33-23-27(20-21-40(33)46-42(34)35)44-36-16-6-2-12-29(36)30-13-3-7-17-37(30)44/h2-25,31,38H,1H3. The van der Waals surface area contributed by atoms with Crippen LogP contribution in [0.3, 0.4) is 0 Å². The minimum atomic E-state index is 0.232.